The zero-order valence-electron chi connectivity index (χ0n) is 14.4. The molecule has 1 aliphatic rings. The van der Waals surface area contributed by atoms with Crippen molar-refractivity contribution in [3.05, 3.63) is 59.3 Å². The van der Waals surface area contributed by atoms with E-state index < -0.39 is 0 Å². The molecule has 24 heavy (non-hydrogen) atoms. The number of allylic oxidation sites excluding steroid dienone is 1. The summed E-state index contributed by atoms with van der Waals surface area (Å²) in [6.07, 6.45) is 8.65. The van der Waals surface area contributed by atoms with Crippen LogP contribution in [0.15, 0.2) is 48.0 Å². The van der Waals surface area contributed by atoms with Crippen LogP contribution in [0.5, 0.6) is 0 Å². The second-order valence-electron chi connectivity index (χ2n) is 6.34. The van der Waals surface area contributed by atoms with Crippen LogP contribution in [0.25, 0.3) is 0 Å². The largest absolute Gasteiger partial charge is 0.366 e. The molecule has 1 aromatic carbocycles. The number of anilines is 2. The SMILES string of the molecule is Cc1cc(NCc2ccccc2)nc(NCCC2=CCCCC2)n1. The van der Waals surface area contributed by atoms with E-state index in [0.29, 0.717) is 5.95 Å². The molecule has 4 heteroatoms. The monoisotopic (exact) mass is 322 g/mol. The van der Waals surface area contributed by atoms with Crippen molar-refractivity contribution in [1.29, 1.82) is 0 Å². The van der Waals surface area contributed by atoms with E-state index in [4.69, 9.17) is 0 Å². The van der Waals surface area contributed by atoms with Crippen molar-refractivity contribution in [3.8, 4) is 0 Å². The molecule has 1 aliphatic carbocycles. The van der Waals surface area contributed by atoms with Crippen LogP contribution in [0.1, 0.15) is 43.4 Å². The maximum atomic E-state index is 4.58. The third-order valence-electron chi connectivity index (χ3n) is 4.28. The topological polar surface area (TPSA) is 49.8 Å². The van der Waals surface area contributed by atoms with E-state index in [1.807, 2.05) is 19.1 Å². The fraction of sp³-hybridized carbons (Fsp3) is 0.400. The Morgan fingerprint density at radius 3 is 2.71 bits per heavy atom. The van der Waals surface area contributed by atoms with E-state index >= 15 is 0 Å². The van der Waals surface area contributed by atoms with Crippen molar-refractivity contribution in [2.45, 2.75) is 45.6 Å². The van der Waals surface area contributed by atoms with Crippen LogP contribution >= 0.6 is 0 Å². The molecule has 126 valence electrons. The molecule has 4 nitrogen and oxygen atoms in total. The lowest BCUT2D eigenvalue weighted by atomic mass is 9.97. The first-order chi connectivity index (χ1) is 11.8. The normalized spacial score (nSPS) is 14.1. The maximum Gasteiger partial charge on any atom is 0.224 e. The zero-order valence-corrected chi connectivity index (χ0v) is 14.4. The Bertz CT molecular complexity index is 679. The summed E-state index contributed by atoms with van der Waals surface area (Å²) in [6, 6.07) is 12.3. The van der Waals surface area contributed by atoms with Gasteiger partial charge in [0.15, 0.2) is 0 Å². The molecule has 0 spiro atoms. The Balaban J connectivity index is 1.54. The van der Waals surface area contributed by atoms with E-state index in [-0.39, 0.29) is 0 Å². The predicted octanol–water partition coefficient (Wildman–Crippen LogP) is 4.70. The second kappa shape index (κ2) is 8.48. The fourth-order valence-electron chi connectivity index (χ4n) is 2.99. The van der Waals surface area contributed by atoms with Gasteiger partial charge in [0.25, 0.3) is 0 Å². The van der Waals surface area contributed by atoms with Crippen molar-refractivity contribution < 1.29 is 0 Å². The summed E-state index contributed by atoms with van der Waals surface area (Å²) in [4.78, 5) is 9.07. The van der Waals surface area contributed by atoms with E-state index in [2.05, 4.69) is 50.9 Å². The predicted molar refractivity (Wildman–Crippen MR) is 100 cm³/mol. The number of hydrogen-bond acceptors (Lipinski definition) is 4. The summed E-state index contributed by atoms with van der Waals surface area (Å²) < 4.78 is 0. The Hall–Kier alpha value is -2.36. The molecular weight excluding hydrogens is 296 g/mol. The average Bonchev–Trinajstić information content (AvgIpc) is 2.61. The number of nitrogens with one attached hydrogen (secondary N) is 2. The van der Waals surface area contributed by atoms with Gasteiger partial charge in [-0.05, 0) is 44.6 Å². The van der Waals surface area contributed by atoms with E-state index in [0.717, 1.165) is 31.0 Å². The molecule has 0 bridgehead atoms. The molecule has 0 amide bonds. The van der Waals surface area contributed by atoms with Crippen LogP contribution in [0.3, 0.4) is 0 Å². The van der Waals surface area contributed by atoms with Crippen LogP contribution in [0, 0.1) is 6.92 Å². The first-order valence-corrected chi connectivity index (χ1v) is 8.85. The van der Waals surface area contributed by atoms with Crippen LogP contribution < -0.4 is 10.6 Å². The van der Waals surface area contributed by atoms with Gasteiger partial charge >= 0.3 is 0 Å². The smallest absolute Gasteiger partial charge is 0.224 e. The Kier molecular flexibility index (Phi) is 5.83. The first-order valence-electron chi connectivity index (χ1n) is 8.85. The molecule has 0 unspecified atom stereocenters. The van der Waals surface area contributed by atoms with E-state index in [1.54, 1.807) is 5.57 Å². The minimum Gasteiger partial charge on any atom is -0.366 e. The molecular formula is C20H26N4. The summed E-state index contributed by atoms with van der Waals surface area (Å²) in [6.45, 7) is 3.67. The van der Waals surface area contributed by atoms with Crippen LogP contribution in [0.2, 0.25) is 0 Å². The molecule has 0 saturated heterocycles. The molecule has 2 aromatic rings. The van der Waals surface area contributed by atoms with Gasteiger partial charge in [0.05, 0.1) is 0 Å². The summed E-state index contributed by atoms with van der Waals surface area (Å²) in [7, 11) is 0. The average molecular weight is 322 g/mol. The zero-order chi connectivity index (χ0) is 16.6. The number of aryl methyl sites for hydroxylation is 1. The molecule has 0 aliphatic heterocycles. The Morgan fingerprint density at radius 2 is 1.92 bits per heavy atom. The minimum atomic E-state index is 0.710. The highest BCUT2D eigenvalue weighted by molar-refractivity contribution is 5.42. The van der Waals surface area contributed by atoms with Gasteiger partial charge in [-0.25, -0.2) is 4.98 Å². The van der Waals surface area contributed by atoms with Gasteiger partial charge in [0.2, 0.25) is 5.95 Å². The van der Waals surface area contributed by atoms with Crippen molar-refractivity contribution in [2.75, 3.05) is 17.2 Å². The summed E-state index contributed by atoms with van der Waals surface area (Å²) in [5.41, 5.74) is 3.79. The molecule has 0 radical (unpaired) electrons. The molecule has 0 fully saturated rings. The summed E-state index contributed by atoms with van der Waals surface area (Å²) >= 11 is 0. The van der Waals surface area contributed by atoms with Crippen molar-refractivity contribution in [1.82, 2.24) is 9.97 Å². The third kappa shape index (κ3) is 5.08. The van der Waals surface area contributed by atoms with Gasteiger partial charge < -0.3 is 10.6 Å². The lowest BCUT2D eigenvalue weighted by Gasteiger charge is -2.13. The van der Waals surface area contributed by atoms with Crippen molar-refractivity contribution >= 4 is 11.8 Å². The van der Waals surface area contributed by atoms with E-state index in [1.165, 1.54) is 31.2 Å². The Labute approximate surface area is 144 Å². The molecule has 1 heterocycles. The third-order valence-corrected chi connectivity index (χ3v) is 4.28. The molecule has 2 N–H and O–H groups in total. The van der Waals surface area contributed by atoms with E-state index in [9.17, 15) is 0 Å². The quantitative estimate of drug-likeness (QED) is 0.726. The minimum absolute atomic E-state index is 0.710. The molecule has 0 atom stereocenters. The highest BCUT2D eigenvalue weighted by atomic mass is 15.1. The van der Waals surface area contributed by atoms with Crippen LogP contribution in [0.4, 0.5) is 11.8 Å². The maximum absolute atomic E-state index is 4.58. The summed E-state index contributed by atoms with van der Waals surface area (Å²) in [5.74, 6) is 1.58. The van der Waals surface area contributed by atoms with Crippen LogP contribution in [-0.2, 0) is 6.54 Å². The number of benzene rings is 1. The highest BCUT2D eigenvalue weighted by Crippen LogP contribution is 2.20. The van der Waals surface area contributed by atoms with Crippen molar-refractivity contribution in [2.24, 2.45) is 0 Å². The summed E-state index contributed by atoms with van der Waals surface area (Å²) in [5, 5.41) is 6.75. The van der Waals surface area contributed by atoms with Gasteiger partial charge in [0.1, 0.15) is 5.82 Å². The number of nitrogens with zero attached hydrogens (tertiary/aromatic N) is 2. The first kappa shape index (κ1) is 16.5. The van der Waals surface area contributed by atoms with Gasteiger partial charge in [-0.2, -0.15) is 4.98 Å². The van der Waals surface area contributed by atoms with Gasteiger partial charge in [0, 0.05) is 24.8 Å². The van der Waals surface area contributed by atoms with Crippen LogP contribution in [-0.4, -0.2) is 16.5 Å². The lowest BCUT2D eigenvalue weighted by molar-refractivity contribution is 0.679. The number of rotatable bonds is 7. The lowest BCUT2D eigenvalue weighted by Crippen LogP contribution is -2.10. The fourth-order valence-corrected chi connectivity index (χ4v) is 2.99. The number of aromatic nitrogens is 2. The van der Waals surface area contributed by atoms with Gasteiger partial charge in [-0.1, -0.05) is 42.0 Å². The molecule has 3 rings (SSSR count). The highest BCUT2D eigenvalue weighted by Gasteiger charge is 2.05. The second-order valence-corrected chi connectivity index (χ2v) is 6.34. The van der Waals surface area contributed by atoms with Crippen molar-refractivity contribution in [3.63, 3.8) is 0 Å². The standard InChI is InChI=1S/C20H26N4/c1-16-14-19(22-15-18-10-6-3-7-11-18)24-20(23-16)21-13-12-17-8-4-2-5-9-17/h3,6-8,10-11,14H,2,4-5,9,12-13,15H2,1H3,(H2,21,22,23,24). The Morgan fingerprint density at radius 1 is 1.04 bits per heavy atom. The number of hydrogen-bond donors (Lipinski definition) is 2. The van der Waals surface area contributed by atoms with Gasteiger partial charge in [-0.15, -0.1) is 0 Å². The molecule has 0 saturated carbocycles. The molecule has 1 aromatic heterocycles. The van der Waals surface area contributed by atoms with Gasteiger partial charge in [-0.3, -0.25) is 0 Å².